The Labute approximate surface area is 58.0 Å². The number of anilines is 1. The van der Waals surface area contributed by atoms with Gasteiger partial charge in [0, 0.05) is 0 Å². The van der Waals surface area contributed by atoms with Crippen molar-refractivity contribution in [2.75, 3.05) is 5.43 Å². The molecule has 0 saturated carbocycles. The van der Waals surface area contributed by atoms with Gasteiger partial charge in [-0.25, -0.2) is 15.2 Å². The fraction of sp³-hybridized carbons (Fsp3) is 0.167. The van der Waals surface area contributed by atoms with Crippen molar-refractivity contribution in [3.63, 3.8) is 0 Å². The highest BCUT2D eigenvalue weighted by Gasteiger charge is 1.96. The van der Waals surface area contributed by atoms with Gasteiger partial charge in [0.2, 0.25) is 0 Å². The fourth-order valence-electron chi connectivity index (χ4n) is 0.618. The predicted molar refractivity (Wildman–Crippen MR) is 36.7 cm³/mol. The number of nitrogens with one attached hydrogen (secondary N) is 1. The lowest BCUT2D eigenvalue weighted by atomic mass is 10.3. The van der Waals surface area contributed by atoms with Crippen molar-refractivity contribution >= 4 is 5.82 Å². The molecule has 0 spiro atoms. The third-order valence-corrected chi connectivity index (χ3v) is 1.19. The molecule has 0 aromatic carbocycles. The molecule has 54 valence electrons. The van der Waals surface area contributed by atoms with Gasteiger partial charge in [-0.3, -0.25) is 0 Å². The van der Waals surface area contributed by atoms with Crippen molar-refractivity contribution in [2.24, 2.45) is 5.84 Å². The first-order valence-corrected chi connectivity index (χ1v) is 2.83. The van der Waals surface area contributed by atoms with Crippen LogP contribution in [0.15, 0.2) is 12.3 Å². The van der Waals surface area contributed by atoms with Crippen LogP contribution in [0.5, 0.6) is 0 Å². The van der Waals surface area contributed by atoms with E-state index in [9.17, 15) is 4.39 Å². The lowest BCUT2D eigenvalue weighted by molar-refractivity contribution is 0.612. The van der Waals surface area contributed by atoms with Crippen LogP contribution >= 0.6 is 0 Å². The molecular formula is C6H8FN3. The van der Waals surface area contributed by atoms with Crippen LogP contribution in [0.25, 0.3) is 0 Å². The number of hydrazine groups is 1. The van der Waals surface area contributed by atoms with Gasteiger partial charge in [-0.2, -0.15) is 0 Å². The maximum Gasteiger partial charge on any atom is 0.144 e. The molecule has 0 radical (unpaired) electrons. The second kappa shape index (κ2) is 2.62. The van der Waals surface area contributed by atoms with E-state index in [4.69, 9.17) is 5.84 Å². The molecule has 0 aliphatic rings. The lowest BCUT2D eigenvalue weighted by Gasteiger charge is -1.99. The summed E-state index contributed by atoms with van der Waals surface area (Å²) in [6.07, 6.45) is 1.13. The Morgan fingerprint density at radius 2 is 2.40 bits per heavy atom. The van der Waals surface area contributed by atoms with Crippen LogP contribution in [0.1, 0.15) is 5.56 Å². The van der Waals surface area contributed by atoms with Crippen molar-refractivity contribution < 1.29 is 4.39 Å². The van der Waals surface area contributed by atoms with Crippen molar-refractivity contribution in [2.45, 2.75) is 6.92 Å². The largest absolute Gasteiger partial charge is 0.308 e. The normalized spacial score (nSPS) is 9.50. The summed E-state index contributed by atoms with van der Waals surface area (Å²) in [5.74, 6) is 5.18. The summed E-state index contributed by atoms with van der Waals surface area (Å²) < 4.78 is 12.5. The summed E-state index contributed by atoms with van der Waals surface area (Å²) in [5, 5.41) is 0. The molecule has 0 aliphatic carbocycles. The minimum atomic E-state index is -0.320. The van der Waals surface area contributed by atoms with Gasteiger partial charge in [-0.05, 0) is 18.6 Å². The van der Waals surface area contributed by atoms with Crippen LogP contribution in [-0.4, -0.2) is 4.98 Å². The topological polar surface area (TPSA) is 50.9 Å². The average Bonchev–Trinajstić information content (AvgIpc) is 1.95. The molecule has 0 amide bonds. The van der Waals surface area contributed by atoms with Gasteiger partial charge in [0.15, 0.2) is 0 Å². The molecule has 0 unspecified atom stereocenters. The van der Waals surface area contributed by atoms with E-state index in [-0.39, 0.29) is 5.82 Å². The molecule has 1 heterocycles. The highest BCUT2D eigenvalue weighted by molar-refractivity contribution is 5.35. The number of nitrogen functional groups attached to an aromatic ring is 1. The molecular weight excluding hydrogens is 133 g/mol. The van der Waals surface area contributed by atoms with Crippen molar-refractivity contribution in [3.05, 3.63) is 23.6 Å². The van der Waals surface area contributed by atoms with E-state index in [2.05, 4.69) is 10.4 Å². The van der Waals surface area contributed by atoms with Crippen molar-refractivity contribution in [1.82, 2.24) is 4.98 Å². The minimum absolute atomic E-state index is 0.320. The highest BCUT2D eigenvalue weighted by Crippen LogP contribution is 2.07. The second-order valence-electron chi connectivity index (χ2n) is 1.96. The fourth-order valence-corrected chi connectivity index (χ4v) is 0.618. The van der Waals surface area contributed by atoms with E-state index < -0.39 is 0 Å². The summed E-state index contributed by atoms with van der Waals surface area (Å²) in [6, 6.07) is 1.54. The van der Waals surface area contributed by atoms with E-state index in [0.29, 0.717) is 11.4 Å². The number of aromatic nitrogens is 1. The summed E-state index contributed by atoms with van der Waals surface area (Å²) in [7, 11) is 0. The van der Waals surface area contributed by atoms with E-state index in [1.165, 1.54) is 6.07 Å². The van der Waals surface area contributed by atoms with Crippen LogP contribution in [-0.2, 0) is 0 Å². The molecule has 1 aromatic heterocycles. The lowest BCUT2D eigenvalue weighted by Crippen LogP contribution is -2.08. The first-order chi connectivity index (χ1) is 4.74. The molecule has 3 nitrogen and oxygen atoms in total. The molecule has 0 bridgehead atoms. The number of aryl methyl sites for hydroxylation is 1. The average molecular weight is 141 g/mol. The Hall–Kier alpha value is -1.16. The zero-order valence-electron chi connectivity index (χ0n) is 5.56. The van der Waals surface area contributed by atoms with E-state index in [0.717, 1.165) is 6.20 Å². The summed E-state index contributed by atoms with van der Waals surface area (Å²) in [6.45, 7) is 1.65. The summed E-state index contributed by atoms with van der Waals surface area (Å²) in [5.41, 5.74) is 2.85. The standard InChI is InChI=1S/C6H8FN3/c1-4-2-6(10-8)9-3-5(4)7/h2-3H,8H2,1H3,(H,9,10). The number of hydrogen-bond donors (Lipinski definition) is 2. The van der Waals surface area contributed by atoms with Gasteiger partial charge in [-0.1, -0.05) is 0 Å². The molecule has 1 rings (SSSR count). The molecule has 0 atom stereocenters. The first-order valence-electron chi connectivity index (χ1n) is 2.83. The summed E-state index contributed by atoms with van der Waals surface area (Å²) >= 11 is 0. The summed E-state index contributed by atoms with van der Waals surface area (Å²) in [4.78, 5) is 3.65. The van der Waals surface area contributed by atoms with E-state index in [1.54, 1.807) is 6.92 Å². The Morgan fingerprint density at radius 3 is 2.90 bits per heavy atom. The molecule has 4 heteroatoms. The van der Waals surface area contributed by atoms with Crippen LogP contribution < -0.4 is 11.3 Å². The Bertz CT molecular complexity index is 236. The zero-order chi connectivity index (χ0) is 7.56. The number of rotatable bonds is 1. The van der Waals surface area contributed by atoms with E-state index >= 15 is 0 Å². The maximum atomic E-state index is 12.5. The third-order valence-electron chi connectivity index (χ3n) is 1.19. The molecule has 1 aromatic rings. The van der Waals surface area contributed by atoms with Crippen LogP contribution in [0.3, 0.4) is 0 Å². The maximum absolute atomic E-state index is 12.5. The third kappa shape index (κ3) is 1.22. The van der Waals surface area contributed by atoms with Gasteiger partial charge in [0.25, 0.3) is 0 Å². The Balaban J connectivity index is 3.04. The second-order valence-corrected chi connectivity index (χ2v) is 1.96. The van der Waals surface area contributed by atoms with Crippen LogP contribution in [0, 0.1) is 12.7 Å². The van der Waals surface area contributed by atoms with Gasteiger partial charge in [0.05, 0.1) is 6.20 Å². The molecule has 0 saturated heterocycles. The Kier molecular flexibility index (Phi) is 1.82. The van der Waals surface area contributed by atoms with Gasteiger partial charge in [0.1, 0.15) is 11.6 Å². The zero-order valence-corrected chi connectivity index (χ0v) is 5.56. The number of hydrogen-bond acceptors (Lipinski definition) is 3. The monoisotopic (exact) mass is 141 g/mol. The number of halogens is 1. The SMILES string of the molecule is Cc1cc(NN)ncc1F. The molecule has 10 heavy (non-hydrogen) atoms. The van der Waals surface area contributed by atoms with Crippen LogP contribution in [0.4, 0.5) is 10.2 Å². The molecule has 0 aliphatic heterocycles. The molecule has 3 N–H and O–H groups in total. The number of nitrogens with zero attached hydrogens (tertiary/aromatic N) is 1. The Morgan fingerprint density at radius 1 is 1.70 bits per heavy atom. The minimum Gasteiger partial charge on any atom is -0.308 e. The smallest absolute Gasteiger partial charge is 0.144 e. The molecule has 0 fully saturated rings. The van der Waals surface area contributed by atoms with E-state index in [1.807, 2.05) is 0 Å². The highest BCUT2D eigenvalue weighted by atomic mass is 19.1. The first kappa shape index (κ1) is 6.95. The van der Waals surface area contributed by atoms with Gasteiger partial charge < -0.3 is 5.43 Å². The van der Waals surface area contributed by atoms with Crippen LogP contribution in [0.2, 0.25) is 0 Å². The number of pyridine rings is 1. The number of nitrogens with two attached hydrogens (primary N) is 1. The quantitative estimate of drug-likeness (QED) is 0.449. The van der Waals surface area contributed by atoms with Gasteiger partial charge >= 0.3 is 0 Å². The predicted octanol–water partition coefficient (Wildman–Crippen LogP) is 0.815. The van der Waals surface area contributed by atoms with Crippen molar-refractivity contribution in [1.29, 1.82) is 0 Å². The van der Waals surface area contributed by atoms with Gasteiger partial charge in [-0.15, -0.1) is 0 Å². The van der Waals surface area contributed by atoms with Crippen molar-refractivity contribution in [3.8, 4) is 0 Å².